The Balaban J connectivity index is 2.41. The van der Waals surface area contributed by atoms with Crippen molar-refractivity contribution in [2.75, 3.05) is 13.1 Å². The maximum Gasteiger partial charge on any atom is 0.215 e. The van der Waals surface area contributed by atoms with Crippen molar-refractivity contribution in [2.45, 2.75) is 18.6 Å². The van der Waals surface area contributed by atoms with Crippen LogP contribution in [0.2, 0.25) is 4.34 Å². The highest BCUT2D eigenvalue weighted by Gasteiger charge is 2.17. The molecule has 0 spiro atoms. The summed E-state index contributed by atoms with van der Waals surface area (Å²) >= 11 is 7.22. The van der Waals surface area contributed by atoms with Gasteiger partial charge in [0, 0.05) is 18.0 Å². The van der Waals surface area contributed by atoms with Crippen molar-refractivity contribution < 1.29 is 8.42 Å². The smallest absolute Gasteiger partial charge is 0.215 e. The Labute approximate surface area is 105 Å². The zero-order valence-corrected chi connectivity index (χ0v) is 11.3. The van der Waals surface area contributed by atoms with E-state index in [2.05, 4.69) is 4.72 Å². The molecule has 0 radical (unpaired) electrons. The summed E-state index contributed by atoms with van der Waals surface area (Å²) in [6.45, 7) is 2.09. The highest BCUT2D eigenvalue weighted by molar-refractivity contribution is 7.90. The van der Waals surface area contributed by atoms with Crippen LogP contribution in [0.15, 0.2) is 12.1 Å². The molecule has 4 nitrogen and oxygen atoms in total. The maximum absolute atomic E-state index is 11.5. The van der Waals surface area contributed by atoms with E-state index in [9.17, 15) is 8.42 Å². The molecule has 0 aliphatic heterocycles. The lowest BCUT2D eigenvalue weighted by molar-refractivity contribution is 0.569. The molecule has 0 bridgehead atoms. The lowest BCUT2D eigenvalue weighted by Gasteiger charge is -2.11. The Morgan fingerprint density at radius 1 is 1.56 bits per heavy atom. The Hall–Kier alpha value is -0.140. The largest absolute Gasteiger partial charge is 0.329 e. The van der Waals surface area contributed by atoms with Crippen molar-refractivity contribution in [2.24, 2.45) is 5.73 Å². The fourth-order valence-corrected chi connectivity index (χ4v) is 3.08. The van der Waals surface area contributed by atoms with E-state index in [1.807, 2.05) is 6.07 Å². The maximum atomic E-state index is 11.5. The standard InChI is InChI=1S/C9H15ClN2O2S2/c1-7(6-11)16(13,14)12-5-4-8-2-3-9(10)15-8/h2-3,7,12H,4-6,11H2,1H3. The number of hydrogen-bond acceptors (Lipinski definition) is 4. The van der Waals surface area contributed by atoms with E-state index in [-0.39, 0.29) is 6.54 Å². The minimum absolute atomic E-state index is 0.125. The summed E-state index contributed by atoms with van der Waals surface area (Å²) in [6, 6.07) is 3.70. The number of thiophene rings is 1. The molecule has 0 aliphatic rings. The van der Waals surface area contributed by atoms with Crippen molar-refractivity contribution in [1.82, 2.24) is 4.72 Å². The first kappa shape index (κ1) is 13.9. The predicted molar refractivity (Wildman–Crippen MR) is 68.5 cm³/mol. The number of sulfonamides is 1. The molecule has 1 aromatic heterocycles. The fraction of sp³-hybridized carbons (Fsp3) is 0.556. The van der Waals surface area contributed by atoms with Gasteiger partial charge in [0.2, 0.25) is 10.0 Å². The lowest BCUT2D eigenvalue weighted by atomic mass is 10.3. The van der Waals surface area contributed by atoms with Crippen LogP contribution in [0, 0.1) is 0 Å². The van der Waals surface area contributed by atoms with Gasteiger partial charge < -0.3 is 5.73 Å². The molecule has 1 rings (SSSR count). The summed E-state index contributed by atoms with van der Waals surface area (Å²) in [7, 11) is -3.28. The van der Waals surface area contributed by atoms with Crippen LogP contribution in [-0.4, -0.2) is 26.8 Å². The number of nitrogens with two attached hydrogens (primary N) is 1. The summed E-state index contributed by atoms with van der Waals surface area (Å²) in [5.41, 5.74) is 5.31. The molecule has 1 unspecified atom stereocenters. The molecule has 16 heavy (non-hydrogen) atoms. The molecular formula is C9H15ClN2O2S2. The van der Waals surface area contributed by atoms with E-state index in [0.29, 0.717) is 17.3 Å². The second kappa shape index (κ2) is 5.97. The molecule has 0 aliphatic carbocycles. The van der Waals surface area contributed by atoms with Crippen LogP contribution in [-0.2, 0) is 16.4 Å². The van der Waals surface area contributed by atoms with E-state index in [4.69, 9.17) is 17.3 Å². The van der Waals surface area contributed by atoms with E-state index in [1.165, 1.54) is 11.3 Å². The Kier molecular flexibility index (Phi) is 5.20. The monoisotopic (exact) mass is 282 g/mol. The van der Waals surface area contributed by atoms with Crippen LogP contribution < -0.4 is 10.5 Å². The molecule has 0 saturated carbocycles. The van der Waals surface area contributed by atoms with Gasteiger partial charge in [0.15, 0.2) is 0 Å². The van der Waals surface area contributed by atoms with Crippen molar-refractivity contribution in [3.05, 3.63) is 21.3 Å². The first-order chi connectivity index (χ1) is 7.45. The SMILES string of the molecule is CC(CN)S(=O)(=O)NCCc1ccc(Cl)s1. The van der Waals surface area contributed by atoms with E-state index in [0.717, 1.165) is 4.88 Å². The van der Waals surface area contributed by atoms with Crippen molar-refractivity contribution in [1.29, 1.82) is 0 Å². The second-order valence-electron chi connectivity index (χ2n) is 3.44. The van der Waals surface area contributed by atoms with Crippen molar-refractivity contribution in [3.8, 4) is 0 Å². The fourth-order valence-electron chi connectivity index (χ4n) is 1.07. The molecular weight excluding hydrogens is 268 g/mol. The molecule has 0 aromatic carbocycles. The summed E-state index contributed by atoms with van der Waals surface area (Å²) in [4.78, 5) is 1.06. The predicted octanol–water partition coefficient (Wildman–Crippen LogP) is 1.21. The third-order valence-corrected chi connectivity index (χ3v) is 5.31. The molecule has 7 heteroatoms. The second-order valence-corrected chi connectivity index (χ2v) is 7.42. The van der Waals surface area contributed by atoms with Crippen LogP contribution in [0.4, 0.5) is 0 Å². The highest BCUT2D eigenvalue weighted by atomic mass is 35.5. The van der Waals surface area contributed by atoms with Crippen molar-refractivity contribution in [3.63, 3.8) is 0 Å². The summed E-state index contributed by atoms with van der Waals surface area (Å²) in [6.07, 6.45) is 0.647. The van der Waals surface area contributed by atoms with Gasteiger partial charge in [0.1, 0.15) is 0 Å². The van der Waals surface area contributed by atoms with E-state index < -0.39 is 15.3 Å². The number of nitrogens with one attached hydrogen (secondary N) is 1. The Morgan fingerprint density at radius 3 is 2.75 bits per heavy atom. The molecule has 1 atom stereocenters. The average Bonchev–Trinajstić information content (AvgIpc) is 2.62. The van der Waals surface area contributed by atoms with Gasteiger partial charge in [-0.1, -0.05) is 11.6 Å². The highest BCUT2D eigenvalue weighted by Crippen LogP contribution is 2.21. The zero-order valence-electron chi connectivity index (χ0n) is 8.94. The van der Waals surface area contributed by atoms with E-state index in [1.54, 1.807) is 13.0 Å². The molecule has 0 saturated heterocycles. The minimum atomic E-state index is -3.28. The lowest BCUT2D eigenvalue weighted by Crippen LogP contribution is -2.37. The number of rotatable bonds is 6. The zero-order chi connectivity index (χ0) is 12.2. The Morgan fingerprint density at radius 2 is 2.25 bits per heavy atom. The normalized spacial score (nSPS) is 13.9. The summed E-state index contributed by atoms with van der Waals surface area (Å²) in [5.74, 6) is 0. The molecule has 3 N–H and O–H groups in total. The minimum Gasteiger partial charge on any atom is -0.329 e. The summed E-state index contributed by atoms with van der Waals surface area (Å²) < 4.78 is 26.3. The van der Waals surface area contributed by atoms with Crippen molar-refractivity contribution >= 4 is 33.0 Å². The van der Waals surface area contributed by atoms with Gasteiger partial charge in [0.05, 0.1) is 9.59 Å². The first-order valence-corrected chi connectivity index (χ1v) is 7.62. The molecule has 1 heterocycles. The van der Waals surface area contributed by atoms with Crippen LogP contribution in [0.1, 0.15) is 11.8 Å². The molecule has 0 amide bonds. The third-order valence-electron chi connectivity index (χ3n) is 2.17. The summed E-state index contributed by atoms with van der Waals surface area (Å²) in [5, 5.41) is -0.556. The molecule has 92 valence electrons. The Bertz CT molecular complexity index is 430. The van der Waals surface area contributed by atoms with Gasteiger partial charge in [-0.2, -0.15) is 0 Å². The quantitative estimate of drug-likeness (QED) is 0.824. The molecule has 0 fully saturated rings. The van der Waals surface area contributed by atoms with Gasteiger partial charge in [-0.25, -0.2) is 13.1 Å². The average molecular weight is 283 g/mol. The van der Waals surface area contributed by atoms with Gasteiger partial charge >= 0.3 is 0 Å². The molecule has 1 aromatic rings. The van der Waals surface area contributed by atoms with Crippen LogP contribution >= 0.6 is 22.9 Å². The van der Waals surface area contributed by atoms with Crippen LogP contribution in [0.3, 0.4) is 0 Å². The van der Waals surface area contributed by atoms with Crippen LogP contribution in [0.25, 0.3) is 0 Å². The van der Waals surface area contributed by atoms with E-state index >= 15 is 0 Å². The van der Waals surface area contributed by atoms with Crippen LogP contribution in [0.5, 0.6) is 0 Å². The van der Waals surface area contributed by atoms with Gasteiger partial charge in [0.25, 0.3) is 0 Å². The van der Waals surface area contributed by atoms with Gasteiger partial charge in [-0.3, -0.25) is 0 Å². The first-order valence-electron chi connectivity index (χ1n) is 4.88. The third kappa shape index (κ3) is 4.03. The number of halogens is 1. The van der Waals surface area contributed by atoms with Gasteiger partial charge in [-0.05, 0) is 25.5 Å². The topological polar surface area (TPSA) is 72.2 Å². The number of hydrogen-bond donors (Lipinski definition) is 2. The van der Waals surface area contributed by atoms with Gasteiger partial charge in [-0.15, -0.1) is 11.3 Å².